The Morgan fingerprint density at radius 3 is 2.70 bits per heavy atom. The normalized spacial score (nSPS) is 13.4. The van der Waals surface area contributed by atoms with Crippen molar-refractivity contribution in [2.24, 2.45) is 5.90 Å². The minimum atomic E-state index is -0.657. The van der Waals surface area contributed by atoms with Gasteiger partial charge in [-0.3, -0.25) is 4.21 Å². The fourth-order valence-corrected chi connectivity index (χ4v) is 1.73. The van der Waals surface area contributed by atoms with Crippen molar-refractivity contribution in [1.82, 2.24) is 0 Å². The Balaban J connectivity index is 3.05. The molecule has 10 heavy (non-hydrogen) atoms. The molecule has 1 atom stereocenters. The van der Waals surface area contributed by atoms with Crippen LogP contribution in [0.15, 0.2) is 0 Å². The largest absolute Gasteiger partial charge is 0.305 e. The van der Waals surface area contributed by atoms with E-state index in [1.807, 2.05) is 6.92 Å². The molecule has 0 saturated carbocycles. The molecule has 0 rings (SSSR count). The molecule has 0 aromatic heterocycles. The predicted octanol–water partition coefficient (Wildman–Crippen LogP) is 0.426. The van der Waals surface area contributed by atoms with E-state index < -0.39 is 10.8 Å². The zero-order valence-electron chi connectivity index (χ0n) is 6.34. The molecule has 3 nitrogen and oxygen atoms in total. The van der Waals surface area contributed by atoms with Crippen LogP contribution < -0.4 is 5.90 Å². The van der Waals surface area contributed by atoms with E-state index in [-0.39, 0.29) is 0 Å². The molecule has 0 bridgehead atoms. The number of hydrogen-bond acceptors (Lipinski definition) is 3. The molecule has 4 heteroatoms. The molecule has 0 spiro atoms. The second-order valence-corrected chi connectivity index (χ2v) is 3.77. The summed E-state index contributed by atoms with van der Waals surface area (Å²) < 4.78 is 10.9. The Morgan fingerprint density at radius 2 is 2.20 bits per heavy atom. The average Bonchev–Trinajstić information content (AvgIpc) is 1.89. The van der Waals surface area contributed by atoms with Crippen molar-refractivity contribution in [2.45, 2.75) is 19.8 Å². The van der Waals surface area contributed by atoms with E-state index in [2.05, 4.69) is 4.84 Å². The fraction of sp³-hybridized carbons (Fsp3) is 1.00. The van der Waals surface area contributed by atoms with Gasteiger partial charge >= 0.3 is 0 Å². The summed E-state index contributed by atoms with van der Waals surface area (Å²) in [5.41, 5.74) is 0. The predicted molar refractivity (Wildman–Crippen MR) is 42.9 cm³/mol. The fourth-order valence-electron chi connectivity index (χ4n) is 0.633. The highest BCUT2D eigenvalue weighted by Gasteiger charge is 1.96. The summed E-state index contributed by atoms with van der Waals surface area (Å²) in [4.78, 5) is 4.34. The van der Waals surface area contributed by atoms with E-state index in [1.165, 1.54) is 0 Å². The summed E-state index contributed by atoms with van der Waals surface area (Å²) >= 11 is 0. The molecule has 0 saturated heterocycles. The standard InChI is InChI=1S/C6H15NO2S/c1-2-5-10(8)6-3-4-9-7/h2-7H2,1H3. The van der Waals surface area contributed by atoms with Crippen LogP contribution >= 0.6 is 0 Å². The Bertz CT molecular complexity index is 97.7. The summed E-state index contributed by atoms with van der Waals surface area (Å²) in [5.74, 6) is 6.30. The topological polar surface area (TPSA) is 52.3 Å². The molecule has 62 valence electrons. The van der Waals surface area contributed by atoms with Gasteiger partial charge in [0.05, 0.1) is 6.61 Å². The van der Waals surface area contributed by atoms with Crippen LogP contribution in [0.25, 0.3) is 0 Å². The van der Waals surface area contributed by atoms with Crippen LogP contribution in [0.5, 0.6) is 0 Å². The summed E-state index contributed by atoms with van der Waals surface area (Å²) in [6.45, 7) is 2.53. The molecule has 0 aromatic carbocycles. The summed E-state index contributed by atoms with van der Waals surface area (Å²) in [7, 11) is -0.657. The molecule has 0 aliphatic rings. The highest BCUT2D eigenvalue weighted by atomic mass is 32.2. The monoisotopic (exact) mass is 165 g/mol. The van der Waals surface area contributed by atoms with Gasteiger partial charge in [-0.1, -0.05) is 6.92 Å². The Hall–Kier alpha value is 0.0700. The van der Waals surface area contributed by atoms with Crippen molar-refractivity contribution < 1.29 is 9.05 Å². The van der Waals surface area contributed by atoms with Crippen LogP contribution in [0.2, 0.25) is 0 Å². The minimum absolute atomic E-state index is 0.509. The maximum Gasteiger partial charge on any atom is 0.0688 e. The molecule has 0 aliphatic heterocycles. The molecule has 1 unspecified atom stereocenters. The first kappa shape index (κ1) is 10.1. The van der Waals surface area contributed by atoms with E-state index in [1.54, 1.807) is 0 Å². The first-order valence-electron chi connectivity index (χ1n) is 3.48. The first-order valence-corrected chi connectivity index (χ1v) is 4.96. The second-order valence-electron chi connectivity index (χ2n) is 2.07. The van der Waals surface area contributed by atoms with Crippen LogP contribution in [-0.2, 0) is 15.6 Å². The lowest BCUT2D eigenvalue weighted by Gasteiger charge is -1.97. The maximum atomic E-state index is 10.9. The molecule has 0 aliphatic carbocycles. The van der Waals surface area contributed by atoms with Crippen molar-refractivity contribution >= 4 is 10.8 Å². The van der Waals surface area contributed by atoms with Crippen LogP contribution in [0.4, 0.5) is 0 Å². The summed E-state index contributed by atoms with van der Waals surface area (Å²) in [5, 5.41) is 0. The van der Waals surface area contributed by atoms with E-state index in [9.17, 15) is 4.21 Å². The van der Waals surface area contributed by atoms with Gasteiger partial charge in [-0.15, -0.1) is 0 Å². The smallest absolute Gasteiger partial charge is 0.0688 e. The lowest BCUT2D eigenvalue weighted by molar-refractivity contribution is 0.139. The number of nitrogens with two attached hydrogens (primary N) is 1. The van der Waals surface area contributed by atoms with E-state index in [0.717, 1.165) is 18.6 Å². The van der Waals surface area contributed by atoms with Gasteiger partial charge in [0.2, 0.25) is 0 Å². The van der Waals surface area contributed by atoms with Crippen molar-refractivity contribution in [3.8, 4) is 0 Å². The number of rotatable bonds is 6. The molecular weight excluding hydrogens is 150 g/mol. The zero-order chi connectivity index (χ0) is 7.82. The highest BCUT2D eigenvalue weighted by Crippen LogP contribution is 1.90. The van der Waals surface area contributed by atoms with Crippen LogP contribution in [-0.4, -0.2) is 22.3 Å². The molecular formula is C6H15NO2S. The second kappa shape index (κ2) is 7.18. The molecule has 0 amide bonds. The van der Waals surface area contributed by atoms with Crippen molar-refractivity contribution in [2.75, 3.05) is 18.1 Å². The summed E-state index contributed by atoms with van der Waals surface area (Å²) in [6.07, 6.45) is 1.78. The van der Waals surface area contributed by atoms with Gasteiger partial charge < -0.3 is 4.84 Å². The third-order valence-corrected chi connectivity index (χ3v) is 2.67. The molecule has 2 N–H and O–H groups in total. The lowest BCUT2D eigenvalue weighted by Crippen LogP contribution is -2.07. The van der Waals surface area contributed by atoms with E-state index in [0.29, 0.717) is 12.4 Å². The van der Waals surface area contributed by atoms with Crippen LogP contribution in [0.3, 0.4) is 0 Å². The third-order valence-electron chi connectivity index (χ3n) is 1.07. The van der Waals surface area contributed by atoms with Crippen molar-refractivity contribution in [3.63, 3.8) is 0 Å². The first-order chi connectivity index (χ1) is 4.81. The van der Waals surface area contributed by atoms with Gasteiger partial charge in [-0.05, 0) is 12.8 Å². The summed E-state index contributed by atoms with van der Waals surface area (Å²) in [6, 6.07) is 0. The Labute approximate surface area is 64.3 Å². The zero-order valence-corrected chi connectivity index (χ0v) is 7.15. The van der Waals surface area contributed by atoms with Crippen LogP contribution in [0.1, 0.15) is 19.8 Å². The lowest BCUT2D eigenvalue weighted by atomic mass is 10.5. The molecule has 0 heterocycles. The van der Waals surface area contributed by atoms with E-state index in [4.69, 9.17) is 5.90 Å². The van der Waals surface area contributed by atoms with Gasteiger partial charge in [-0.25, -0.2) is 5.90 Å². The minimum Gasteiger partial charge on any atom is -0.305 e. The van der Waals surface area contributed by atoms with Gasteiger partial charge in [0.25, 0.3) is 0 Å². The molecule has 0 aromatic rings. The maximum absolute atomic E-state index is 10.9. The van der Waals surface area contributed by atoms with Gasteiger partial charge in [0, 0.05) is 22.3 Å². The van der Waals surface area contributed by atoms with Crippen LogP contribution in [0, 0.1) is 0 Å². The quantitative estimate of drug-likeness (QED) is 0.458. The molecule has 0 fully saturated rings. The molecule has 0 radical (unpaired) electrons. The highest BCUT2D eigenvalue weighted by molar-refractivity contribution is 7.84. The van der Waals surface area contributed by atoms with Gasteiger partial charge in [0.1, 0.15) is 0 Å². The van der Waals surface area contributed by atoms with Crippen molar-refractivity contribution in [1.29, 1.82) is 0 Å². The SMILES string of the molecule is CCCS(=O)CCCON. The van der Waals surface area contributed by atoms with Gasteiger partial charge in [0.15, 0.2) is 0 Å². The van der Waals surface area contributed by atoms with Gasteiger partial charge in [-0.2, -0.15) is 0 Å². The Morgan fingerprint density at radius 1 is 1.50 bits per heavy atom. The van der Waals surface area contributed by atoms with E-state index >= 15 is 0 Å². The average molecular weight is 165 g/mol. The number of hydrogen-bond donors (Lipinski definition) is 1. The van der Waals surface area contributed by atoms with Crippen molar-refractivity contribution in [3.05, 3.63) is 0 Å². The Kier molecular flexibility index (Phi) is 7.23. The third kappa shape index (κ3) is 6.19.